The molecule has 0 aromatic heterocycles. The molecule has 1 amide bonds. The van der Waals surface area contributed by atoms with E-state index in [-0.39, 0.29) is 5.91 Å². The Morgan fingerprint density at radius 2 is 1.70 bits per heavy atom. The molecule has 0 fully saturated rings. The fraction of sp³-hybridized carbons (Fsp3) is 0.857. The highest BCUT2D eigenvalue weighted by Gasteiger charge is 2.11. The number of amides is 1. The van der Waals surface area contributed by atoms with Gasteiger partial charge in [-0.15, -0.1) is 0 Å². The average molecular weight is 163 g/mol. The van der Waals surface area contributed by atoms with E-state index in [0.29, 0.717) is 5.75 Å². The van der Waals surface area contributed by atoms with Gasteiger partial charge in [-0.2, -0.15) is 0 Å². The molecule has 0 aliphatic heterocycles. The quantitative estimate of drug-likeness (QED) is 0.589. The second-order valence-corrected chi connectivity index (χ2v) is 7.99. The molecule has 0 radical (unpaired) electrons. The van der Waals surface area contributed by atoms with Gasteiger partial charge in [0.15, 0.2) is 0 Å². The summed E-state index contributed by atoms with van der Waals surface area (Å²) in [5.74, 6) is 0.947. The van der Waals surface area contributed by atoms with E-state index in [1.54, 1.807) is 19.0 Å². The number of hydrogen-bond donors (Lipinski definition) is 0. The van der Waals surface area contributed by atoms with Gasteiger partial charge in [0.25, 0.3) is 0 Å². The first-order chi connectivity index (χ1) is 4.33. The largest absolute Gasteiger partial charge is 0.348 e. The van der Waals surface area contributed by atoms with E-state index in [2.05, 4.69) is 18.8 Å². The minimum Gasteiger partial charge on any atom is -0.348 e. The number of carbonyl (C=O) groups excluding carboxylic acids is 1. The summed E-state index contributed by atoms with van der Waals surface area (Å²) >= 11 is 0. The molecule has 0 aliphatic carbocycles. The standard InChI is InChI=1S/C7H17NOS/c1-8(2)7(9)6-10(3,4)5/h6H2,1-5H3. The van der Waals surface area contributed by atoms with E-state index in [1.165, 1.54) is 0 Å². The van der Waals surface area contributed by atoms with Crippen LogP contribution >= 0.6 is 10.0 Å². The molecule has 3 heteroatoms. The van der Waals surface area contributed by atoms with Gasteiger partial charge in [-0.3, -0.25) is 4.79 Å². The molecule has 0 bridgehead atoms. The number of carbonyl (C=O) groups is 1. The Morgan fingerprint density at radius 1 is 1.30 bits per heavy atom. The maximum atomic E-state index is 11.1. The van der Waals surface area contributed by atoms with Crippen LogP contribution in [0.15, 0.2) is 0 Å². The van der Waals surface area contributed by atoms with E-state index in [4.69, 9.17) is 0 Å². The minimum absolute atomic E-state index is 0.238. The zero-order valence-corrected chi connectivity index (χ0v) is 8.29. The Balaban J connectivity index is 3.81. The fourth-order valence-electron chi connectivity index (χ4n) is 0.500. The zero-order valence-electron chi connectivity index (χ0n) is 7.47. The highest BCUT2D eigenvalue weighted by molar-refractivity contribution is 8.32. The van der Waals surface area contributed by atoms with Crippen LogP contribution in [-0.2, 0) is 4.79 Å². The molecule has 0 heterocycles. The van der Waals surface area contributed by atoms with Crippen LogP contribution in [0.25, 0.3) is 0 Å². The molecule has 0 rings (SSSR count). The molecular weight excluding hydrogens is 146 g/mol. The third-order valence-electron chi connectivity index (χ3n) is 1.06. The lowest BCUT2D eigenvalue weighted by atomic mass is 10.6. The van der Waals surface area contributed by atoms with Crippen LogP contribution in [0.4, 0.5) is 0 Å². The molecule has 0 aliphatic rings. The second-order valence-electron chi connectivity index (χ2n) is 3.52. The molecule has 0 aromatic carbocycles. The number of hydrogen-bond acceptors (Lipinski definition) is 1. The first-order valence-electron chi connectivity index (χ1n) is 3.19. The first kappa shape index (κ1) is 9.82. The summed E-state index contributed by atoms with van der Waals surface area (Å²) in [6, 6.07) is 0. The highest BCUT2D eigenvalue weighted by Crippen LogP contribution is 2.33. The van der Waals surface area contributed by atoms with Crippen molar-refractivity contribution >= 4 is 15.9 Å². The molecule has 2 nitrogen and oxygen atoms in total. The molecule has 0 saturated carbocycles. The second kappa shape index (κ2) is 3.28. The van der Waals surface area contributed by atoms with Crippen LogP contribution in [0, 0.1) is 0 Å². The van der Waals surface area contributed by atoms with Crippen molar-refractivity contribution in [3.05, 3.63) is 0 Å². The zero-order chi connectivity index (χ0) is 8.36. The predicted octanol–water partition coefficient (Wildman–Crippen LogP) is 0.769. The van der Waals surface area contributed by atoms with Crippen molar-refractivity contribution in [2.75, 3.05) is 38.6 Å². The SMILES string of the molecule is CN(C)C(=O)CS(C)(C)C. The van der Waals surface area contributed by atoms with E-state index in [9.17, 15) is 4.79 Å². The van der Waals surface area contributed by atoms with Crippen LogP contribution in [0.3, 0.4) is 0 Å². The van der Waals surface area contributed by atoms with E-state index >= 15 is 0 Å². The summed E-state index contributed by atoms with van der Waals surface area (Å²) in [6.45, 7) is 0. The molecule has 0 aromatic rings. The lowest BCUT2D eigenvalue weighted by molar-refractivity contribution is -0.125. The Bertz CT molecular complexity index is 126. The molecule has 0 saturated heterocycles. The molecule has 0 spiro atoms. The van der Waals surface area contributed by atoms with Crippen molar-refractivity contribution < 1.29 is 4.79 Å². The highest BCUT2D eigenvalue weighted by atomic mass is 32.3. The van der Waals surface area contributed by atoms with Crippen molar-refractivity contribution in [2.24, 2.45) is 0 Å². The van der Waals surface area contributed by atoms with Gasteiger partial charge >= 0.3 is 0 Å². The van der Waals surface area contributed by atoms with Crippen LogP contribution in [0.5, 0.6) is 0 Å². The molecule has 0 atom stereocenters. The van der Waals surface area contributed by atoms with Gasteiger partial charge in [0.05, 0.1) is 5.75 Å². The Labute approximate surface area is 64.9 Å². The maximum Gasteiger partial charge on any atom is 0.230 e. The van der Waals surface area contributed by atoms with Crippen molar-refractivity contribution in [1.29, 1.82) is 0 Å². The first-order valence-corrected chi connectivity index (χ1v) is 6.22. The van der Waals surface area contributed by atoms with Gasteiger partial charge in [-0.25, -0.2) is 10.0 Å². The van der Waals surface area contributed by atoms with Crippen LogP contribution in [-0.4, -0.2) is 49.4 Å². The van der Waals surface area contributed by atoms with Crippen molar-refractivity contribution in [3.8, 4) is 0 Å². The summed E-state index contributed by atoms with van der Waals surface area (Å²) in [5, 5.41) is 0. The van der Waals surface area contributed by atoms with Crippen molar-refractivity contribution in [2.45, 2.75) is 0 Å². The topological polar surface area (TPSA) is 20.3 Å². The Kier molecular flexibility index (Phi) is 3.22. The summed E-state index contributed by atoms with van der Waals surface area (Å²) < 4.78 is 0. The van der Waals surface area contributed by atoms with Crippen LogP contribution < -0.4 is 0 Å². The van der Waals surface area contributed by atoms with Gasteiger partial charge in [0.1, 0.15) is 0 Å². The smallest absolute Gasteiger partial charge is 0.230 e. The maximum absolute atomic E-state index is 11.1. The molecule has 0 unspecified atom stereocenters. The number of rotatable bonds is 2. The molecular formula is C7H17NOS. The van der Waals surface area contributed by atoms with Gasteiger partial charge in [-0.05, 0) is 18.8 Å². The van der Waals surface area contributed by atoms with Gasteiger partial charge < -0.3 is 4.90 Å². The Hall–Kier alpha value is -0.180. The summed E-state index contributed by atoms with van der Waals surface area (Å²) in [4.78, 5) is 12.8. The summed E-state index contributed by atoms with van der Waals surface area (Å²) in [5.41, 5.74) is 0. The predicted molar refractivity (Wildman–Crippen MR) is 48.9 cm³/mol. The third kappa shape index (κ3) is 4.68. The van der Waals surface area contributed by atoms with Crippen LogP contribution in [0.2, 0.25) is 0 Å². The third-order valence-corrected chi connectivity index (χ3v) is 2.17. The Morgan fingerprint density at radius 3 is 1.80 bits per heavy atom. The minimum atomic E-state index is -0.660. The van der Waals surface area contributed by atoms with E-state index < -0.39 is 10.0 Å². The molecule has 62 valence electrons. The van der Waals surface area contributed by atoms with Crippen LogP contribution in [0.1, 0.15) is 0 Å². The monoisotopic (exact) mass is 163 g/mol. The molecule has 10 heavy (non-hydrogen) atoms. The lowest BCUT2D eigenvalue weighted by Crippen LogP contribution is -2.26. The lowest BCUT2D eigenvalue weighted by Gasteiger charge is -2.25. The van der Waals surface area contributed by atoms with Gasteiger partial charge in [0, 0.05) is 14.1 Å². The van der Waals surface area contributed by atoms with Gasteiger partial charge in [-0.1, -0.05) is 0 Å². The average Bonchev–Trinajstić information content (AvgIpc) is 1.60. The van der Waals surface area contributed by atoms with Crippen molar-refractivity contribution in [3.63, 3.8) is 0 Å². The fourth-order valence-corrected chi connectivity index (χ4v) is 1.50. The normalized spacial score (nSPS) is 12.9. The van der Waals surface area contributed by atoms with Gasteiger partial charge in [0.2, 0.25) is 5.91 Å². The van der Waals surface area contributed by atoms with E-state index in [1.807, 2.05) is 0 Å². The summed E-state index contributed by atoms with van der Waals surface area (Å²) in [7, 11) is 2.94. The molecule has 0 N–H and O–H groups in total. The number of nitrogens with zero attached hydrogens (tertiary/aromatic N) is 1. The van der Waals surface area contributed by atoms with E-state index in [0.717, 1.165) is 0 Å². The summed E-state index contributed by atoms with van der Waals surface area (Å²) in [6.07, 6.45) is 6.44. The van der Waals surface area contributed by atoms with Crippen molar-refractivity contribution in [1.82, 2.24) is 4.90 Å².